The number of nitrogens with one attached hydrogen (secondary N) is 1. The molecule has 7 heteroatoms. The Morgan fingerprint density at radius 1 is 1.06 bits per heavy atom. The molecule has 7 nitrogen and oxygen atoms in total. The van der Waals surface area contributed by atoms with Crippen molar-refractivity contribution in [3.8, 4) is 5.75 Å². The van der Waals surface area contributed by atoms with Crippen molar-refractivity contribution in [2.75, 3.05) is 32.1 Å². The van der Waals surface area contributed by atoms with Gasteiger partial charge in [0.05, 0.1) is 12.8 Å². The normalized spacial score (nSPS) is 21.6. The van der Waals surface area contributed by atoms with Crippen LogP contribution in [0.25, 0.3) is 0 Å². The summed E-state index contributed by atoms with van der Waals surface area (Å²) in [7, 11) is 1.67. The lowest BCUT2D eigenvalue weighted by Crippen LogP contribution is -2.52. The minimum absolute atomic E-state index is 0.174. The minimum Gasteiger partial charge on any atom is -0.497 e. The standard InChI is InChI=1S/C29H33N5O2/c1-36-25-11-9-23(10-12-25)18-34-19-24-16-31-28(30-15-21-7-8-21)32-26(24)29(27(34)35)13-14-33(20-29)17-22-5-3-2-4-6-22/h2-6,9-12,16,21H,7-8,13-15,17-20H2,1H3,(H,30,31,32). The maximum Gasteiger partial charge on any atom is 0.236 e. The van der Waals surface area contributed by atoms with Gasteiger partial charge in [0.2, 0.25) is 11.9 Å². The van der Waals surface area contributed by atoms with Crippen LogP contribution in [-0.4, -0.2) is 52.4 Å². The zero-order chi connectivity index (χ0) is 24.5. The van der Waals surface area contributed by atoms with E-state index in [9.17, 15) is 4.79 Å². The van der Waals surface area contributed by atoms with Gasteiger partial charge in [-0.15, -0.1) is 0 Å². The molecule has 0 bridgehead atoms. The molecule has 1 N–H and O–H groups in total. The first-order valence-corrected chi connectivity index (χ1v) is 12.9. The third kappa shape index (κ3) is 4.55. The molecule has 3 aromatic rings. The van der Waals surface area contributed by atoms with Crippen LogP contribution in [0.2, 0.25) is 0 Å². The molecule has 2 aromatic carbocycles. The SMILES string of the molecule is COc1ccc(CN2Cc3cnc(NCC4CC4)nc3C3(CCN(Cc4ccccc4)C3)C2=O)cc1. The van der Waals surface area contributed by atoms with Crippen LogP contribution in [0.1, 0.15) is 41.6 Å². The van der Waals surface area contributed by atoms with Crippen LogP contribution in [0, 0.1) is 5.92 Å². The monoisotopic (exact) mass is 483 g/mol. The summed E-state index contributed by atoms with van der Waals surface area (Å²) >= 11 is 0. The Bertz CT molecular complexity index is 1230. The van der Waals surface area contributed by atoms with Crippen molar-refractivity contribution in [1.29, 1.82) is 0 Å². The maximum atomic E-state index is 14.2. The van der Waals surface area contributed by atoms with Crippen LogP contribution >= 0.6 is 0 Å². The zero-order valence-corrected chi connectivity index (χ0v) is 20.8. The van der Waals surface area contributed by atoms with Crippen molar-refractivity contribution in [3.05, 3.63) is 83.2 Å². The summed E-state index contributed by atoms with van der Waals surface area (Å²) in [6.07, 6.45) is 5.25. The first-order valence-electron chi connectivity index (χ1n) is 12.9. The number of likely N-dealkylation sites (tertiary alicyclic amines) is 1. The average molecular weight is 484 g/mol. The molecule has 36 heavy (non-hydrogen) atoms. The van der Waals surface area contributed by atoms with E-state index in [1.54, 1.807) is 7.11 Å². The van der Waals surface area contributed by atoms with Gasteiger partial charge < -0.3 is 15.0 Å². The first-order chi connectivity index (χ1) is 17.6. The van der Waals surface area contributed by atoms with Gasteiger partial charge in [-0.1, -0.05) is 42.5 Å². The Morgan fingerprint density at radius 2 is 1.83 bits per heavy atom. The molecule has 2 fully saturated rings. The van der Waals surface area contributed by atoms with E-state index in [0.717, 1.165) is 54.5 Å². The highest BCUT2D eigenvalue weighted by Crippen LogP contribution is 2.42. The number of anilines is 1. The smallest absolute Gasteiger partial charge is 0.236 e. The quantitative estimate of drug-likeness (QED) is 0.522. The number of benzene rings is 2. The Balaban J connectivity index is 1.30. The van der Waals surface area contributed by atoms with Gasteiger partial charge in [-0.2, -0.15) is 0 Å². The van der Waals surface area contributed by atoms with E-state index in [1.165, 1.54) is 18.4 Å². The maximum absolute atomic E-state index is 14.2. The molecule has 1 unspecified atom stereocenters. The lowest BCUT2D eigenvalue weighted by atomic mass is 9.77. The van der Waals surface area contributed by atoms with E-state index in [1.807, 2.05) is 41.4 Å². The number of fused-ring (bicyclic) bond motifs is 2. The Hall–Kier alpha value is -3.45. The second-order valence-electron chi connectivity index (χ2n) is 10.4. The van der Waals surface area contributed by atoms with Crippen LogP contribution in [0.3, 0.4) is 0 Å². The van der Waals surface area contributed by atoms with E-state index in [2.05, 4.69) is 39.5 Å². The Morgan fingerprint density at radius 3 is 2.58 bits per heavy atom. The van der Waals surface area contributed by atoms with Crippen LogP contribution in [0.5, 0.6) is 5.75 Å². The molecule has 1 amide bonds. The number of methoxy groups -OCH3 is 1. The highest BCUT2D eigenvalue weighted by atomic mass is 16.5. The topological polar surface area (TPSA) is 70.6 Å². The minimum atomic E-state index is -0.645. The summed E-state index contributed by atoms with van der Waals surface area (Å²) in [4.78, 5) is 28.2. The van der Waals surface area contributed by atoms with E-state index < -0.39 is 5.41 Å². The number of carbonyl (C=O) groups is 1. The lowest BCUT2D eigenvalue weighted by molar-refractivity contribution is -0.140. The predicted molar refractivity (Wildman–Crippen MR) is 139 cm³/mol. The number of ether oxygens (including phenoxy) is 1. The number of rotatable bonds is 8. The summed E-state index contributed by atoms with van der Waals surface area (Å²) in [5, 5.41) is 3.42. The number of hydrogen-bond donors (Lipinski definition) is 1. The van der Waals surface area contributed by atoms with Crippen molar-refractivity contribution >= 4 is 11.9 Å². The van der Waals surface area contributed by atoms with Gasteiger partial charge in [0.25, 0.3) is 0 Å². The number of aromatic nitrogens is 2. The van der Waals surface area contributed by atoms with Crippen molar-refractivity contribution in [3.63, 3.8) is 0 Å². The highest BCUT2D eigenvalue weighted by molar-refractivity contribution is 5.90. The molecule has 6 rings (SSSR count). The molecule has 0 radical (unpaired) electrons. The van der Waals surface area contributed by atoms with Crippen molar-refractivity contribution in [2.45, 2.75) is 44.3 Å². The Labute approximate surface area is 212 Å². The summed E-state index contributed by atoms with van der Waals surface area (Å²) in [6.45, 7) is 4.37. The fraction of sp³-hybridized carbons (Fsp3) is 0.414. The van der Waals surface area contributed by atoms with Gasteiger partial charge in [-0.05, 0) is 55.0 Å². The summed E-state index contributed by atoms with van der Waals surface area (Å²) < 4.78 is 5.30. The largest absolute Gasteiger partial charge is 0.497 e. The molecule has 186 valence electrons. The fourth-order valence-corrected chi connectivity index (χ4v) is 5.57. The molecule has 1 atom stereocenters. The average Bonchev–Trinajstić information content (AvgIpc) is 3.66. The molecule has 1 saturated carbocycles. The van der Waals surface area contributed by atoms with E-state index >= 15 is 0 Å². The first kappa shape index (κ1) is 23.0. The molecule has 1 aliphatic carbocycles. The van der Waals surface area contributed by atoms with Crippen molar-refractivity contribution in [1.82, 2.24) is 19.8 Å². The fourth-order valence-electron chi connectivity index (χ4n) is 5.57. The second kappa shape index (κ2) is 9.54. The lowest BCUT2D eigenvalue weighted by Gasteiger charge is -2.40. The summed E-state index contributed by atoms with van der Waals surface area (Å²) in [5.74, 6) is 2.37. The van der Waals surface area contributed by atoms with E-state index in [0.29, 0.717) is 25.6 Å². The van der Waals surface area contributed by atoms with Crippen LogP contribution in [-0.2, 0) is 29.8 Å². The molecule has 3 heterocycles. The van der Waals surface area contributed by atoms with Gasteiger partial charge in [0.15, 0.2) is 0 Å². The second-order valence-corrected chi connectivity index (χ2v) is 10.4. The predicted octanol–water partition coefficient (Wildman–Crippen LogP) is 3.99. The summed E-state index contributed by atoms with van der Waals surface area (Å²) in [5.41, 5.74) is 3.69. The third-order valence-corrected chi connectivity index (χ3v) is 7.75. The van der Waals surface area contributed by atoms with E-state index in [4.69, 9.17) is 9.72 Å². The molecule has 3 aliphatic rings. The molecule has 2 aliphatic heterocycles. The molecular weight excluding hydrogens is 450 g/mol. The van der Waals surface area contributed by atoms with Crippen LogP contribution in [0.15, 0.2) is 60.8 Å². The summed E-state index contributed by atoms with van der Waals surface area (Å²) in [6, 6.07) is 18.5. The van der Waals surface area contributed by atoms with Gasteiger partial charge in [0.1, 0.15) is 11.2 Å². The van der Waals surface area contributed by atoms with Gasteiger partial charge >= 0.3 is 0 Å². The molecule has 1 aromatic heterocycles. The van der Waals surface area contributed by atoms with Crippen molar-refractivity contribution in [2.24, 2.45) is 5.92 Å². The van der Waals surface area contributed by atoms with Gasteiger partial charge in [0, 0.05) is 44.5 Å². The molecule has 1 spiro atoms. The van der Waals surface area contributed by atoms with Crippen LogP contribution in [0.4, 0.5) is 5.95 Å². The molecular formula is C29H33N5O2. The van der Waals surface area contributed by atoms with Crippen LogP contribution < -0.4 is 10.1 Å². The van der Waals surface area contributed by atoms with Gasteiger partial charge in [-0.3, -0.25) is 9.69 Å². The number of hydrogen-bond acceptors (Lipinski definition) is 6. The zero-order valence-electron chi connectivity index (χ0n) is 20.8. The number of carbonyl (C=O) groups excluding carboxylic acids is 1. The number of nitrogens with zero attached hydrogens (tertiary/aromatic N) is 4. The van der Waals surface area contributed by atoms with Gasteiger partial charge in [-0.25, -0.2) is 9.97 Å². The highest BCUT2D eigenvalue weighted by Gasteiger charge is 2.52. The molecule has 1 saturated heterocycles. The number of amides is 1. The van der Waals surface area contributed by atoms with E-state index in [-0.39, 0.29) is 5.91 Å². The third-order valence-electron chi connectivity index (χ3n) is 7.75. The van der Waals surface area contributed by atoms with Crippen molar-refractivity contribution < 1.29 is 9.53 Å². The Kier molecular flexibility index (Phi) is 6.09.